The maximum absolute atomic E-state index is 12.4. The van der Waals surface area contributed by atoms with Gasteiger partial charge in [0, 0.05) is 37.8 Å². The molecule has 1 aromatic heterocycles. The summed E-state index contributed by atoms with van der Waals surface area (Å²) in [6, 6.07) is 5.57. The summed E-state index contributed by atoms with van der Waals surface area (Å²) in [4.78, 5) is 17.7. The van der Waals surface area contributed by atoms with Gasteiger partial charge >= 0.3 is 5.97 Å². The molecule has 0 saturated heterocycles. The Bertz CT molecular complexity index is 687. The van der Waals surface area contributed by atoms with E-state index < -0.39 is 11.8 Å². The quantitative estimate of drug-likeness (QED) is 0.629. The number of carbonyl (C=O) groups is 1. The van der Waals surface area contributed by atoms with Crippen LogP contribution in [0.2, 0.25) is 0 Å². The summed E-state index contributed by atoms with van der Waals surface area (Å²) >= 11 is 0. The highest BCUT2D eigenvalue weighted by Crippen LogP contribution is 2.37. The summed E-state index contributed by atoms with van der Waals surface area (Å²) in [6.07, 6.45) is 2.50. The SMILES string of the molecule is COn1cc2c3c(cccc31)C(OC)(OC)C(=O)OCC2. The number of esters is 1. The molecule has 0 saturated carbocycles. The molecule has 0 unspecified atom stereocenters. The fourth-order valence-electron chi connectivity index (χ4n) is 2.88. The highest BCUT2D eigenvalue weighted by atomic mass is 16.7. The molecule has 0 spiro atoms. The minimum Gasteiger partial charge on any atom is -0.461 e. The molecule has 21 heavy (non-hydrogen) atoms. The summed E-state index contributed by atoms with van der Waals surface area (Å²) in [6.45, 7) is 0.268. The molecule has 1 aromatic carbocycles. The number of hydrogen-bond acceptors (Lipinski definition) is 5. The first-order valence-corrected chi connectivity index (χ1v) is 6.63. The molecule has 0 fully saturated rings. The van der Waals surface area contributed by atoms with Crippen molar-refractivity contribution in [2.24, 2.45) is 0 Å². The van der Waals surface area contributed by atoms with Crippen LogP contribution in [0, 0.1) is 0 Å². The molecular formula is C15H17NO5. The van der Waals surface area contributed by atoms with Crippen molar-refractivity contribution in [2.45, 2.75) is 12.2 Å². The molecule has 2 heterocycles. The predicted octanol–water partition coefficient (Wildman–Crippen LogP) is 1.24. The van der Waals surface area contributed by atoms with Crippen molar-refractivity contribution in [2.75, 3.05) is 27.9 Å². The predicted molar refractivity (Wildman–Crippen MR) is 74.8 cm³/mol. The highest BCUT2D eigenvalue weighted by Gasteiger charge is 2.45. The molecule has 112 valence electrons. The molecule has 0 aliphatic carbocycles. The minimum atomic E-state index is -1.56. The lowest BCUT2D eigenvalue weighted by atomic mass is 9.96. The van der Waals surface area contributed by atoms with Gasteiger partial charge in [-0.2, -0.15) is 4.73 Å². The molecule has 1 aliphatic heterocycles. The van der Waals surface area contributed by atoms with Gasteiger partial charge in [0.15, 0.2) is 0 Å². The number of aromatic nitrogens is 1. The average molecular weight is 291 g/mol. The second-order valence-corrected chi connectivity index (χ2v) is 4.77. The van der Waals surface area contributed by atoms with Gasteiger partial charge < -0.3 is 19.0 Å². The van der Waals surface area contributed by atoms with Crippen LogP contribution in [0.25, 0.3) is 10.9 Å². The van der Waals surface area contributed by atoms with E-state index in [1.165, 1.54) is 14.2 Å². The molecule has 2 aromatic rings. The van der Waals surface area contributed by atoms with Gasteiger partial charge in [0.05, 0.1) is 12.1 Å². The van der Waals surface area contributed by atoms with E-state index in [0.717, 1.165) is 16.5 Å². The van der Waals surface area contributed by atoms with Crippen LogP contribution < -0.4 is 4.84 Å². The Morgan fingerprint density at radius 1 is 1.24 bits per heavy atom. The first kappa shape index (κ1) is 13.9. The molecular weight excluding hydrogens is 274 g/mol. The van der Waals surface area contributed by atoms with E-state index in [4.69, 9.17) is 19.0 Å². The number of benzene rings is 1. The van der Waals surface area contributed by atoms with Crippen LogP contribution in [0.3, 0.4) is 0 Å². The van der Waals surface area contributed by atoms with Crippen molar-refractivity contribution in [3.63, 3.8) is 0 Å². The van der Waals surface area contributed by atoms with Crippen molar-refractivity contribution in [1.82, 2.24) is 4.73 Å². The molecule has 6 nitrogen and oxygen atoms in total. The number of cyclic esters (lactones) is 1. The third-order valence-electron chi connectivity index (χ3n) is 3.87. The first-order valence-electron chi connectivity index (χ1n) is 6.63. The lowest BCUT2D eigenvalue weighted by Gasteiger charge is -2.30. The number of nitrogens with zero attached hydrogens (tertiary/aromatic N) is 1. The minimum absolute atomic E-state index is 0.268. The fraction of sp³-hybridized carbons (Fsp3) is 0.400. The molecule has 0 atom stereocenters. The van der Waals surface area contributed by atoms with Gasteiger partial charge in [-0.3, -0.25) is 0 Å². The van der Waals surface area contributed by atoms with Crippen LogP contribution in [-0.4, -0.2) is 38.6 Å². The standard InChI is InChI=1S/C15H17NO5/c1-18-15(19-2)11-5-4-6-12-13(11)10(9-16(12)20-3)7-8-21-14(15)17/h4-6,9H,7-8H2,1-3H3. The van der Waals surface area contributed by atoms with E-state index in [2.05, 4.69) is 0 Å². The summed E-state index contributed by atoms with van der Waals surface area (Å²) in [5, 5.41) is 0.903. The molecule has 0 bridgehead atoms. The van der Waals surface area contributed by atoms with Crippen LogP contribution in [0.15, 0.2) is 24.4 Å². The Morgan fingerprint density at radius 2 is 2.00 bits per heavy atom. The van der Waals surface area contributed by atoms with E-state index in [1.807, 2.05) is 24.4 Å². The molecule has 0 amide bonds. The van der Waals surface area contributed by atoms with Gasteiger partial charge in [-0.1, -0.05) is 12.1 Å². The van der Waals surface area contributed by atoms with E-state index >= 15 is 0 Å². The number of methoxy groups -OCH3 is 2. The largest absolute Gasteiger partial charge is 0.461 e. The Balaban J connectivity index is 2.39. The maximum Gasteiger partial charge on any atom is 0.372 e. The third kappa shape index (κ3) is 1.83. The van der Waals surface area contributed by atoms with Crippen molar-refractivity contribution >= 4 is 16.9 Å². The highest BCUT2D eigenvalue weighted by molar-refractivity contribution is 5.93. The summed E-state index contributed by atoms with van der Waals surface area (Å²) in [7, 11) is 4.45. The van der Waals surface area contributed by atoms with Gasteiger partial charge in [0.1, 0.15) is 7.11 Å². The zero-order chi connectivity index (χ0) is 15.0. The second-order valence-electron chi connectivity index (χ2n) is 4.77. The summed E-state index contributed by atoms with van der Waals surface area (Å²) < 4.78 is 17.8. The average Bonchev–Trinajstić information content (AvgIpc) is 2.86. The normalized spacial score (nSPS) is 17.2. The van der Waals surface area contributed by atoms with E-state index in [1.54, 1.807) is 11.8 Å². The van der Waals surface area contributed by atoms with Crippen molar-refractivity contribution in [3.8, 4) is 0 Å². The van der Waals surface area contributed by atoms with Gasteiger partial charge in [-0.05, 0) is 11.6 Å². The van der Waals surface area contributed by atoms with Crippen LogP contribution in [0.4, 0.5) is 0 Å². The van der Waals surface area contributed by atoms with Gasteiger partial charge in [-0.15, -0.1) is 0 Å². The summed E-state index contributed by atoms with van der Waals surface area (Å²) in [5.74, 6) is -2.11. The first-order chi connectivity index (χ1) is 10.2. The number of rotatable bonds is 3. The zero-order valence-corrected chi connectivity index (χ0v) is 12.2. The summed E-state index contributed by atoms with van der Waals surface area (Å²) in [5.41, 5.74) is 2.51. The van der Waals surface area contributed by atoms with Crippen LogP contribution in [0.5, 0.6) is 0 Å². The van der Waals surface area contributed by atoms with Crippen molar-refractivity contribution < 1.29 is 23.8 Å². The van der Waals surface area contributed by atoms with Crippen LogP contribution in [0.1, 0.15) is 11.1 Å². The van der Waals surface area contributed by atoms with E-state index in [9.17, 15) is 4.79 Å². The Kier molecular flexibility index (Phi) is 3.35. The lowest BCUT2D eigenvalue weighted by molar-refractivity contribution is -0.235. The maximum atomic E-state index is 12.4. The Labute approximate surface area is 122 Å². The van der Waals surface area contributed by atoms with Crippen LogP contribution >= 0.6 is 0 Å². The zero-order valence-electron chi connectivity index (χ0n) is 12.2. The van der Waals surface area contributed by atoms with Crippen LogP contribution in [-0.2, 0) is 31.2 Å². The Hall–Kier alpha value is -2.05. The molecule has 0 N–H and O–H groups in total. The molecule has 6 heteroatoms. The van der Waals surface area contributed by atoms with E-state index in [-0.39, 0.29) is 6.61 Å². The second kappa shape index (κ2) is 5.05. The lowest BCUT2D eigenvalue weighted by Crippen LogP contribution is -2.42. The number of hydrogen-bond donors (Lipinski definition) is 0. The van der Waals surface area contributed by atoms with E-state index in [0.29, 0.717) is 12.0 Å². The topological polar surface area (TPSA) is 58.9 Å². The van der Waals surface area contributed by atoms with Gasteiger partial charge in [-0.25, -0.2) is 4.79 Å². The third-order valence-corrected chi connectivity index (χ3v) is 3.87. The molecule has 3 rings (SSSR count). The Morgan fingerprint density at radius 3 is 2.67 bits per heavy atom. The monoisotopic (exact) mass is 291 g/mol. The molecule has 1 aliphatic rings. The van der Waals surface area contributed by atoms with Gasteiger partial charge in [0.2, 0.25) is 0 Å². The van der Waals surface area contributed by atoms with Crippen molar-refractivity contribution in [3.05, 3.63) is 35.5 Å². The van der Waals surface area contributed by atoms with Crippen molar-refractivity contribution in [1.29, 1.82) is 0 Å². The molecule has 0 radical (unpaired) electrons. The smallest absolute Gasteiger partial charge is 0.372 e. The number of ether oxygens (including phenoxy) is 3. The number of carbonyl (C=O) groups excluding carboxylic acids is 1. The van der Waals surface area contributed by atoms with Gasteiger partial charge in [0.25, 0.3) is 5.79 Å². The fourth-order valence-corrected chi connectivity index (χ4v) is 2.88.